The van der Waals surface area contributed by atoms with Crippen LogP contribution in [0.3, 0.4) is 0 Å². The van der Waals surface area contributed by atoms with E-state index in [1.54, 1.807) is 4.90 Å². The van der Waals surface area contributed by atoms with Gasteiger partial charge in [0, 0.05) is 24.6 Å². The predicted molar refractivity (Wildman–Crippen MR) is 63.2 cm³/mol. The highest BCUT2D eigenvalue weighted by atomic mass is 32.2. The lowest BCUT2D eigenvalue weighted by molar-refractivity contribution is -0.142. The first kappa shape index (κ1) is 12.5. The maximum absolute atomic E-state index is 11.9. The third kappa shape index (κ3) is 3.04. The molecule has 2 heterocycles. The van der Waals surface area contributed by atoms with Crippen LogP contribution >= 0.6 is 11.8 Å². The molecule has 17 heavy (non-hydrogen) atoms. The smallest absolute Gasteiger partial charge is 0.317 e. The van der Waals surface area contributed by atoms with E-state index in [9.17, 15) is 9.59 Å². The second-order valence-corrected chi connectivity index (χ2v) is 5.36. The molecule has 0 bridgehead atoms. The van der Waals surface area contributed by atoms with Crippen molar-refractivity contribution in [1.82, 2.24) is 10.2 Å². The summed E-state index contributed by atoms with van der Waals surface area (Å²) < 4.78 is 5.10. The first-order chi connectivity index (χ1) is 8.18. The van der Waals surface area contributed by atoms with Gasteiger partial charge in [-0.15, -0.1) is 0 Å². The molecule has 0 saturated carbocycles. The number of amides is 2. The fourth-order valence-corrected chi connectivity index (χ4v) is 2.86. The molecule has 2 N–H and O–H groups in total. The molecule has 7 heteroatoms. The largest absolute Gasteiger partial charge is 0.481 e. The molecule has 0 aromatic carbocycles. The Labute approximate surface area is 104 Å². The highest BCUT2D eigenvalue weighted by Crippen LogP contribution is 2.15. The van der Waals surface area contributed by atoms with Crippen LogP contribution in [-0.4, -0.2) is 65.9 Å². The predicted octanol–water partition coefficient (Wildman–Crippen LogP) is -0.156. The average Bonchev–Trinajstić information content (AvgIpc) is 2.78. The molecule has 2 aliphatic heterocycles. The van der Waals surface area contributed by atoms with Gasteiger partial charge in [-0.1, -0.05) is 0 Å². The van der Waals surface area contributed by atoms with E-state index in [0.29, 0.717) is 0 Å². The second-order valence-electron chi connectivity index (χ2n) is 4.14. The topological polar surface area (TPSA) is 78.9 Å². The van der Waals surface area contributed by atoms with Crippen LogP contribution in [0.4, 0.5) is 4.79 Å². The summed E-state index contributed by atoms with van der Waals surface area (Å²) in [6.07, 6.45) is 0. The van der Waals surface area contributed by atoms with Gasteiger partial charge >= 0.3 is 12.0 Å². The number of hydrogen-bond donors (Lipinski definition) is 2. The van der Waals surface area contributed by atoms with Crippen molar-refractivity contribution < 1.29 is 19.4 Å². The minimum atomic E-state index is -0.915. The fourth-order valence-electron chi connectivity index (χ4n) is 1.96. The average molecular weight is 260 g/mol. The van der Waals surface area contributed by atoms with E-state index in [1.165, 1.54) is 0 Å². The molecule has 0 spiro atoms. The van der Waals surface area contributed by atoms with E-state index in [0.717, 1.165) is 24.6 Å². The molecule has 2 atom stereocenters. The van der Waals surface area contributed by atoms with Crippen molar-refractivity contribution in [2.24, 2.45) is 5.92 Å². The SMILES string of the molecule is O=C(O)C1COCC1NC(=O)N1CCSCC1. The Bertz CT molecular complexity index is 307. The normalized spacial score (nSPS) is 29.1. The molecule has 2 rings (SSSR count). The van der Waals surface area contributed by atoms with Crippen LogP contribution in [0, 0.1) is 5.92 Å². The molecule has 96 valence electrons. The zero-order valence-electron chi connectivity index (χ0n) is 9.42. The molecule has 0 radical (unpaired) electrons. The number of carboxylic acid groups (broad SMARTS) is 1. The van der Waals surface area contributed by atoms with E-state index >= 15 is 0 Å². The Hall–Kier alpha value is -0.950. The van der Waals surface area contributed by atoms with Gasteiger partial charge in [0.2, 0.25) is 0 Å². The van der Waals surface area contributed by atoms with E-state index < -0.39 is 17.9 Å². The number of ether oxygens (including phenoxy) is 1. The third-order valence-corrected chi connectivity index (χ3v) is 3.95. The summed E-state index contributed by atoms with van der Waals surface area (Å²) in [7, 11) is 0. The van der Waals surface area contributed by atoms with Gasteiger partial charge in [-0.3, -0.25) is 4.79 Å². The Balaban J connectivity index is 1.86. The Morgan fingerprint density at radius 1 is 1.29 bits per heavy atom. The van der Waals surface area contributed by atoms with Crippen molar-refractivity contribution in [2.75, 3.05) is 37.8 Å². The number of hydrogen-bond acceptors (Lipinski definition) is 4. The monoisotopic (exact) mass is 260 g/mol. The number of carbonyl (C=O) groups excluding carboxylic acids is 1. The Morgan fingerprint density at radius 2 is 2.00 bits per heavy atom. The maximum Gasteiger partial charge on any atom is 0.317 e. The van der Waals surface area contributed by atoms with Crippen LogP contribution in [0.15, 0.2) is 0 Å². The first-order valence-electron chi connectivity index (χ1n) is 5.62. The molecular weight excluding hydrogens is 244 g/mol. The summed E-state index contributed by atoms with van der Waals surface area (Å²) >= 11 is 1.82. The number of aliphatic carboxylic acids is 1. The van der Waals surface area contributed by atoms with Gasteiger partial charge in [-0.25, -0.2) is 4.79 Å². The van der Waals surface area contributed by atoms with E-state index in [2.05, 4.69) is 5.32 Å². The van der Waals surface area contributed by atoms with Gasteiger partial charge in [-0.2, -0.15) is 11.8 Å². The molecule has 0 aromatic rings. The number of urea groups is 1. The van der Waals surface area contributed by atoms with Crippen molar-refractivity contribution in [3.05, 3.63) is 0 Å². The fraction of sp³-hybridized carbons (Fsp3) is 0.800. The van der Waals surface area contributed by atoms with Crippen molar-refractivity contribution in [3.63, 3.8) is 0 Å². The standard InChI is InChI=1S/C10H16N2O4S/c13-9(14)7-5-16-6-8(7)11-10(15)12-1-3-17-4-2-12/h7-8H,1-6H2,(H,11,15)(H,13,14). The molecule has 6 nitrogen and oxygen atoms in total. The summed E-state index contributed by atoms with van der Waals surface area (Å²) in [4.78, 5) is 24.5. The van der Waals surface area contributed by atoms with Gasteiger partial charge in [0.1, 0.15) is 5.92 Å². The zero-order valence-corrected chi connectivity index (χ0v) is 10.2. The highest BCUT2D eigenvalue weighted by molar-refractivity contribution is 7.99. The van der Waals surface area contributed by atoms with E-state index in [-0.39, 0.29) is 19.2 Å². The van der Waals surface area contributed by atoms with Crippen molar-refractivity contribution in [3.8, 4) is 0 Å². The van der Waals surface area contributed by atoms with Crippen molar-refractivity contribution in [1.29, 1.82) is 0 Å². The van der Waals surface area contributed by atoms with E-state index in [1.807, 2.05) is 11.8 Å². The zero-order chi connectivity index (χ0) is 12.3. The van der Waals surface area contributed by atoms with Gasteiger partial charge in [-0.05, 0) is 0 Å². The highest BCUT2D eigenvalue weighted by Gasteiger charge is 2.35. The second kappa shape index (κ2) is 5.59. The van der Waals surface area contributed by atoms with Gasteiger partial charge in [0.05, 0.1) is 19.3 Å². The number of rotatable bonds is 2. The summed E-state index contributed by atoms with van der Waals surface area (Å²) in [5.41, 5.74) is 0. The minimum Gasteiger partial charge on any atom is -0.481 e. The number of thioether (sulfide) groups is 1. The van der Waals surface area contributed by atoms with Crippen molar-refractivity contribution in [2.45, 2.75) is 6.04 Å². The van der Waals surface area contributed by atoms with Crippen LogP contribution in [0.25, 0.3) is 0 Å². The van der Waals surface area contributed by atoms with Crippen LogP contribution < -0.4 is 5.32 Å². The molecule has 0 aromatic heterocycles. The quantitative estimate of drug-likeness (QED) is 0.721. The molecular formula is C10H16N2O4S. The summed E-state index contributed by atoms with van der Waals surface area (Å²) in [5.74, 6) is 0.341. The lowest BCUT2D eigenvalue weighted by Crippen LogP contribution is -2.50. The Kier molecular flexibility index (Phi) is 4.11. The van der Waals surface area contributed by atoms with Crippen LogP contribution in [0.2, 0.25) is 0 Å². The third-order valence-electron chi connectivity index (χ3n) is 3.00. The van der Waals surface area contributed by atoms with Crippen LogP contribution in [0.1, 0.15) is 0 Å². The summed E-state index contributed by atoms with van der Waals surface area (Å²) in [5, 5.41) is 11.7. The molecule has 2 aliphatic rings. The van der Waals surface area contributed by atoms with Gasteiger partial charge < -0.3 is 20.1 Å². The number of nitrogens with zero attached hydrogens (tertiary/aromatic N) is 1. The van der Waals surface area contributed by atoms with Crippen molar-refractivity contribution >= 4 is 23.8 Å². The van der Waals surface area contributed by atoms with Crippen LogP contribution in [-0.2, 0) is 9.53 Å². The molecule has 2 fully saturated rings. The van der Waals surface area contributed by atoms with E-state index in [4.69, 9.17) is 9.84 Å². The number of carbonyl (C=O) groups is 2. The van der Waals surface area contributed by atoms with Crippen LogP contribution in [0.5, 0.6) is 0 Å². The summed E-state index contributed by atoms with van der Waals surface area (Å²) in [6.45, 7) is 1.91. The lowest BCUT2D eigenvalue weighted by Gasteiger charge is -2.28. The molecule has 0 aliphatic carbocycles. The molecule has 2 unspecified atom stereocenters. The first-order valence-corrected chi connectivity index (χ1v) is 6.77. The number of carboxylic acids is 1. The molecule has 2 amide bonds. The van der Waals surface area contributed by atoms with Gasteiger partial charge in [0.25, 0.3) is 0 Å². The molecule has 2 saturated heterocycles. The minimum absolute atomic E-state index is 0.174. The summed E-state index contributed by atoms with van der Waals surface area (Å²) in [6, 6.07) is -0.582. The van der Waals surface area contributed by atoms with Gasteiger partial charge in [0.15, 0.2) is 0 Å². The maximum atomic E-state index is 11.9. The Morgan fingerprint density at radius 3 is 2.65 bits per heavy atom. The number of nitrogens with one attached hydrogen (secondary N) is 1. The lowest BCUT2D eigenvalue weighted by atomic mass is 10.0.